The number of aromatic nitrogens is 2. The molecule has 0 bridgehead atoms. The number of aromatic carboxylic acids is 1. The highest BCUT2D eigenvalue weighted by Crippen LogP contribution is 2.28. The molecular formula is C30H36N2O8. The fraction of sp³-hybridized carbons (Fsp3) is 0.400. The molecule has 0 spiro atoms. The minimum absolute atomic E-state index is 0.0453. The first-order chi connectivity index (χ1) is 18.8. The molecule has 0 fully saturated rings. The zero-order valence-corrected chi connectivity index (χ0v) is 23.6. The summed E-state index contributed by atoms with van der Waals surface area (Å²) in [6, 6.07) is 14.1. The lowest BCUT2D eigenvalue weighted by Gasteiger charge is -2.20. The fourth-order valence-electron chi connectivity index (χ4n) is 4.20. The molecule has 1 aromatic heterocycles. The number of hydrogen-bond acceptors (Lipinski definition) is 8. The highest BCUT2D eigenvalue weighted by Gasteiger charge is 2.33. The third-order valence-corrected chi connectivity index (χ3v) is 5.92. The smallest absolute Gasteiger partial charge is 0.478 e. The van der Waals surface area contributed by atoms with Crippen LogP contribution >= 0.6 is 0 Å². The van der Waals surface area contributed by atoms with Crippen LogP contribution in [0.3, 0.4) is 0 Å². The van der Waals surface area contributed by atoms with Gasteiger partial charge in [0.1, 0.15) is 17.1 Å². The molecule has 0 saturated heterocycles. The lowest BCUT2D eigenvalue weighted by atomic mass is 9.98. The average molecular weight is 553 g/mol. The quantitative estimate of drug-likeness (QED) is 0.232. The summed E-state index contributed by atoms with van der Waals surface area (Å²) in [5.74, 6) is -1.25. The Morgan fingerprint density at radius 3 is 2.20 bits per heavy atom. The third-order valence-electron chi connectivity index (χ3n) is 5.92. The molecule has 0 radical (unpaired) electrons. The number of ether oxygens (including phenoxy) is 3. The molecule has 1 atom stereocenters. The zero-order valence-electron chi connectivity index (χ0n) is 23.6. The van der Waals surface area contributed by atoms with Crippen molar-refractivity contribution in [2.24, 2.45) is 0 Å². The van der Waals surface area contributed by atoms with Crippen LogP contribution in [0.2, 0.25) is 0 Å². The number of aryl methyl sites for hydroxylation is 1. The summed E-state index contributed by atoms with van der Waals surface area (Å²) in [6.07, 6.45) is -1.35. The summed E-state index contributed by atoms with van der Waals surface area (Å²) in [5.41, 5.74) is 1.06. The van der Waals surface area contributed by atoms with Crippen molar-refractivity contribution >= 4 is 18.1 Å². The van der Waals surface area contributed by atoms with Crippen LogP contribution in [-0.2, 0) is 32.8 Å². The first-order valence-corrected chi connectivity index (χ1v) is 13.1. The second-order valence-electron chi connectivity index (χ2n) is 10.2. The molecule has 1 unspecified atom stereocenters. The molecule has 0 aliphatic rings. The topological polar surface area (TPSA) is 137 Å². The Bertz CT molecular complexity index is 1350. The summed E-state index contributed by atoms with van der Waals surface area (Å²) >= 11 is 0. The van der Waals surface area contributed by atoms with Crippen LogP contribution in [0.4, 0.5) is 4.79 Å². The number of hydrogen-bond donors (Lipinski definition) is 2. The molecule has 3 aromatic rings. The molecule has 214 valence electrons. The number of aliphatic hydroxyl groups is 1. The molecular weight excluding hydrogens is 516 g/mol. The van der Waals surface area contributed by atoms with Crippen molar-refractivity contribution in [1.29, 1.82) is 0 Å². The molecule has 40 heavy (non-hydrogen) atoms. The normalized spacial score (nSPS) is 12.2. The minimum Gasteiger partial charge on any atom is -0.478 e. The Hall–Kier alpha value is -4.18. The predicted octanol–water partition coefficient (Wildman–Crippen LogP) is 5.54. The lowest BCUT2D eigenvalue weighted by Crippen LogP contribution is -2.28. The van der Waals surface area contributed by atoms with Crippen LogP contribution in [-0.4, -0.2) is 50.3 Å². The van der Waals surface area contributed by atoms with Gasteiger partial charge in [-0.15, -0.1) is 0 Å². The van der Waals surface area contributed by atoms with Gasteiger partial charge in [-0.05, 0) is 56.9 Å². The Morgan fingerprint density at radius 1 is 0.975 bits per heavy atom. The van der Waals surface area contributed by atoms with Crippen molar-refractivity contribution < 1.29 is 38.8 Å². The SMILES string of the molecule is CCCc1nc(C(C)(C)O)c(C(=O)OC(C)OC(=O)OC(C)C)n1Cc1ccc(-c2ccccc2C(=O)O)cc1. The van der Waals surface area contributed by atoms with Crippen molar-refractivity contribution in [1.82, 2.24) is 9.55 Å². The Kier molecular flexibility index (Phi) is 9.70. The van der Waals surface area contributed by atoms with E-state index in [2.05, 4.69) is 4.98 Å². The minimum atomic E-state index is -1.47. The number of carbonyl (C=O) groups is 3. The summed E-state index contributed by atoms with van der Waals surface area (Å²) < 4.78 is 17.1. The van der Waals surface area contributed by atoms with E-state index in [4.69, 9.17) is 14.2 Å². The number of carbonyl (C=O) groups excluding carboxylic acids is 2. The van der Waals surface area contributed by atoms with E-state index in [1.807, 2.05) is 31.2 Å². The van der Waals surface area contributed by atoms with Crippen LogP contribution in [0.1, 0.15) is 85.9 Å². The molecule has 10 heteroatoms. The molecule has 2 aromatic carbocycles. The highest BCUT2D eigenvalue weighted by atomic mass is 16.8. The standard InChI is InChI=1S/C30H36N2O8/c1-7-10-24-31-26(30(5,6)37)25(28(35)39-19(4)40-29(36)38-18(2)3)32(24)17-20-13-15-21(16-14-20)22-11-8-9-12-23(22)27(33)34/h8-9,11-16,18-19,37H,7,10,17H2,1-6H3,(H,33,34). The van der Waals surface area contributed by atoms with Gasteiger partial charge in [0.05, 0.1) is 11.7 Å². The van der Waals surface area contributed by atoms with Crippen LogP contribution < -0.4 is 0 Å². The molecule has 0 saturated carbocycles. The number of carboxylic acid groups (broad SMARTS) is 1. The van der Waals surface area contributed by atoms with Gasteiger partial charge in [-0.1, -0.05) is 49.4 Å². The Labute approximate surface area is 233 Å². The van der Waals surface area contributed by atoms with Gasteiger partial charge in [0.25, 0.3) is 0 Å². The largest absolute Gasteiger partial charge is 0.511 e. The van der Waals surface area contributed by atoms with Crippen molar-refractivity contribution in [2.75, 3.05) is 0 Å². The summed E-state index contributed by atoms with van der Waals surface area (Å²) in [4.78, 5) is 41.5. The average Bonchev–Trinajstić information content (AvgIpc) is 3.22. The van der Waals surface area contributed by atoms with Gasteiger partial charge in [0, 0.05) is 19.9 Å². The number of rotatable bonds is 11. The first kappa shape index (κ1) is 30.4. The zero-order chi connectivity index (χ0) is 29.6. The van der Waals surface area contributed by atoms with E-state index in [0.717, 1.165) is 17.5 Å². The van der Waals surface area contributed by atoms with E-state index in [1.165, 1.54) is 20.8 Å². The number of benzene rings is 2. The van der Waals surface area contributed by atoms with E-state index in [1.54, 1.807) is 42.7 Å². The third kappa shape index (κ3) is 7.47. The number of nitrogens with zero attached hydrogens (tertiary/aromatic N) is 2. The molecule has 2 N–H and O–H groups in total. The maximum Gasteiger partial charge on any atom is 0.511 e. The summed E-state index contributed by atoms with van der Waals surface area (Å²) in [7, 11) is 0. The molecule has 0 aliphatic heterocycles. The van der Waals surface area contributed by atoms with Crippen LogP contribution in [0, 0.1) is 0 Å². The van der Waals surface area contributed by atoms with Gasteiger partial charge in [-0.3, -0.25) is 0 Å². The van der Waals surface area contributed by atoms with Crippen molar-refractivity contribution in [3.05, 3.63) is 76.9 Å². The Morgan fingerprint density at radius 2 is 1.62 bits per heavy atom. The van der Waals surface area contributed by atoms with Crippen molar-refractivity contribution in [2.45, 2.75) is 78.9 Å². The van der Waals surface area contributed by atoms with Gasteiger partial charge in [-0.2, -0.15) is 0 Å². The fourth-order valence-corrected chi connectivity index (χ4v) is 4.20. The Balaban J connectivity index is 1.97. The van der Waals surface area contributed by atoms with Crippen LogP contribution in [0.5, 0.6) is 0 Å². The highest BCUT2D eigenvalue weighted by molar-refractivity contribution is 5.96. The van der Waals surface area contributed by atoms with Gasteiger partial charge in [-0.25, -0.2) is 19.4 Å². The van der Waals surface area contributed by atoms with Crippen molar-refractivity contribution in [3.63, 3.8) is 0 Å². The van der Waals surface area contributed by atoms with Crippen LogP contribution in [0.15, 0.2) is 48.5 Å². The predicted molar refractivity (Wildman–Crippen MR) is 147 cm³/mol. The summed E-state index contributed by atoms with van der Waals surface area (Å²) in [5, 5.41) is 20.4. The van der Waals surface area contributed by atoms with E-state index in [0.29, 0.717) is 17.8 Å². The van der Waals surface area contributed by atoms with E-state index >= 15 is 0 Å². The maximum atomic E-state index is 13.4. The number of imidazole rings is 1. The van der Waals surface area contributed by atoms with Gasteiger partial charge < -0.3 is 29.0 Å². The van der Waals surface area contributed by atoms with Crippen LogP contribution in [0.25, 0.3) is 11.1 Å². The summed E-state index contributed by atoms with van der Waals surface area (Å²) in [6.45, 7) is 9.99. The lowest BCUT2D eigenvalue weighted by molar-refractivity contribution is -0.0874. The second kappa shape index (κ2) is 12.8. The van der Waals surface area contributed by atoms with E-state index in [9.17, 15) is 24.6 Å². The van der Waals surface area contributed by atoms with Crippen molar-refractivity contribution in [3.8, 4) is 11.1 Å². The maximum absolute atomic E-state index is 13.4. The second-order valence-corrected chi connectivity index (χ2v) is 10.2. The van der Waals surface area contributed by atoms with E-state index < -0.39 is 36.1 Å². The van der Waals surface area contributed by atoms with E-state index in [-0.39, 0.29) is 23.5 Å². The monoisotopic (exact) mass is 552 g/mol. The first-order valence-electron chi connectivity index (χ1n) is 13.1. The molecule has 3 rings (SSSR count). The molecule has 10 nitrogen and oxygen atoms in total. The molecule has 0 amide bonds. The van der Waals surface area contributed by atoms with Gasteiger partial charge >= 0.3 is 18.1 Å². The molecule has 0 aliphatic carbocycles. The number of esters is 1. The molecule has 1 heterocycles. The van der Waals surface area contributed by atoms with Gasteiger partial charge in [0.2, 0.25) is 6.29 Å². The van der Waals surface area contributed by atoms with Gasteiger partial charge in [0.15, 0.2) is 5.69 Å². The number of carboxylic acids is 1.